The van der Waals surface area contributed by atoms with Gasteiger partial charge in [0.25, 0.3) is 0 Å². The van der Waals surface area contributed by atoms with E-state index in [0.717, 1.165) is 29.2 Å². The summed E-state index contributed by atoms with van der Waals surface area (Å²) in [5.41, 5.74) is 4.43. The summed E-state index contributed by atoms with van der Waals surface area (Å²) in [7, 11) is 0. The number of para-hydroxylation sites is 2. The van der Waals surface area contributed by atoms with E-state index in [4.69, 9.17) is 0 Å². The molecular weight excluding hydrogens is 328 g/mol. The Morgan fingerprint density at radius 2 is 1.48 bits per heavy atom. The van der Waals surface area contributed by atoms with Gasteiger partial charge in [-0.1, -0.05) is 54.2 Å². The molecule has 1 aromatic heterocycles. The number of pyridine rings is 1. The van der Waals surface area contributed by atoms with Crippen molar-refractivity contribution in [1.29, 1.82) is 0 Å². The number of carbonyl (C=O) groups is 1. The van der Waals surface area contributed by atoms with Gasteiger partial charge in [0.2, 0.25) is 5.91 Å². The molecule has 0 aliphatic carbocycles. The Labute approximate surface area is 151 Å². The van der Waals surface area contributed by atoms with Gasteiger partial charge in [0.05, 0.1) is 22.2 Å². The van der Waals surface area contributed by atoms with Crippen LogP contribution in [0.15, 0.2) is 78.0 Å². The van der Waals surface area contributed by atoms with Gasteiger partial charge in [0.1, 0.15) is 0 Å². The molecule has 0 saturated heterocycles. The molecule has 0 radical (unpaired) electrons. The number of nitrogens with zero attached hydrogens (tertiary/aromatic N) is 2. The Morgan fingerprint density at radius 3 is 2.08 bits per heavy atom. The van der Waals surface area contributed by atoms with E-state index in [2.05, 4.69) is 17.1 Å². The zero-order valence-electron chi connectivity index (χ0n) is 13.8. The first-order valence-electron chi connectivity index (χ1n) is 8.35. The van der Waals surface area contributed by atoms with E-state index in [0.29, 0.717) is 5.75 Å². The Bertz CT molecular complexity index is 848. The lowest BCUT2D eigenvalue weighted by atomic mass is 10.0. The van der Waals surface area contributed by atoms with Crippen LogP contribution >= 0.6 is 11.8 Å². The van der Waals surface area contributed by atoms with Gasteiger partial charge < -0.3 is 0 Å². The van der Waals surface area contributed by atoms with Crippen molar-refractivity contribution in [3.05, 3.63) is 84.1 Å². The maximum atomic E-state index is 13.1. The number of thioether (sulfide) groups is 1. The van der Waals surface area contributed by atoms with Gasteiger partial charge in [-0.05, 0) is 48.2 Å². The summed E-state index contributed by atoms with van der Waals surface area (Å²) >= 11 is 1.48. The van der Waals surface area contributed by atoms with E-state index < -0.39 is 0 Å². The third-order valence-electron chi connectivity index (χ3n) is 4.36. The Hall–Kier alpha value is -2.59. The van der Waals surface area contributed by atoms with Crippen LogP contribution in [-0.2, 0) is 17.6 Å². The highest BCUT2D eigenvalue weighted by molar-refractivity contribution is 7.99. The van der Waals surface area contributed by atoms with Gasteiger partial charge >= 0.3 is 0 Å². The number of aromatic nitrogens is 1. The quantitative estimate of drug-likeness (QED) is 0.648. The summed E-state index contributed by atoms with van der Waals surface area (Å²) in [6.07, 6.45) is 3.65. The zero-order chi connectivity index (χ0) is 17.1. The summed E-state index contributed by atoms with van der Waals surface area (Å²) < 4.78 is 0. The van der Waals surface area contributed by atoms with Crippen LogP contribution in [0.5, 0.6) is 0 Å². The molecule has 4 heteroatoms. The van der Waals surface area contributed by atoms with Crippen molar-refractivity contribution in [2.75, 3.05) is 10.7 Å². The van der Waals surface area contributed by atoms with E-state index in [1.807, 2.05) is 59.5 Å². The smallest absolute Gasteiger partial charge is 0.241 e. The van der Waals surface area contributed by atoms with Crippen LogP contribution in [0.25, 0.3) is 0 Å². The molecule has 124 valence electrons. The number of rotatable bonds is 3. The van der Waals surface area contributed by atoms with Crippen molar-refractivity contribution in [2.24, 2.45) is 0 Å². The number of benzene rings is 2. The Kier molecular flexibility index (Phi) is 4.53. The number of amides is 1. The molecule has 0 N–H and O–H groups in total. The number of carbonyl (C=O) groups excluding carboxylic acids is 1. The molecule has 1 amide bonds. The molecule has 0 spiro atoms. The van der Waals surface area contributed by atoms with E-state index in [1.165, 1.54) is 22.9 Å². The van der Waals surface area contributed by atoms with Crippen molar-refractivity contribution in [1.82, 2.24) is 4.98 Å². The molecule has 3 aromatic rings. The molecule has 2 heterocycles. The molecule has 1 aliphatic rings. The first-order chi connectivity index (χ1) is 12.3. The number of fused-ring (bicyclic) bond motifs is 2. The van der Waals surface area contributed by atoms with Gasteiger partial charge in [0, 0.05) is 6.20 Å². The SMILES string of the molecule is O=C(CSc1ccccn1)N1c2ccccc2CCc2ccccc21. The Morgan fingerprint density at radius 1 is 0.880 bits per heavy atom. The first kappa shape index (κ1) is 15.9. The molecule has 4 rings (SSSR count). The van der Waals surface area contributed by atoms with Gasteiger partial charge in [-0.25, -0.2) is 4.98 Å². The lowest BCUT2D eigenvalue weighted by molar-refractivity contribution is -0.115. The van der Waals surface area contributed by atoms with Crippen LogP contribution in [0.3, 0.4) is 0 Å². The summed E-state index contributed by atoms with van der Waals surface area (Å²) in [5.74, 6) is 0.442. The average molecular weight is 346 g/mol. The van der Waals surface area contributed by atoms with Crippen LogP contribution in [0.4, 0.5) is 11.4 Å². The summed E-state index contributed by atoms with van der Waals surface area (Å²) in [6.45, 7) is 0. The van der Waals surface area contributed by atoms with Crippen molar-refractivity contribution < 1.29 is 4.79 Å². The molecule has 0 bridgehead atoms. The molecule has 0 atom stereocenters. The summed E-state index contributed by atoms with van der Waals surface area (Å²) in [4.78, 5) is 19.3. The molecule has 0 saturated carbocycles. The zero-order valence-corrected chi connectivity index (χ0v) is 14.6. The van der Waals surface area contributed by atoms with Crippen LogP contribution in [-0.4, -0.2) is 16.6 Å². The molecule has 1 aliphatic heterocycles. The second-order valence-corrected chi connectivity index (χ2v) is 6.94. The van der Waals surface area contributed by atoms with Crippen LogP contribution in [0, 0.1) is 0 Å². The fraction of sp³-hybridized carbons (Fsp3) is 0.143. The predicted octanol–water partition coefficient (Wildman–Crippen LogP) is 4.64. The van der Waals surface area contributed by atoms with Gasteiger partial charge in [0.15, 0.2) is 0 Å². The third kappa shape index (κ3) is 3.30. The van der Waals surface area contributed by atoms with Crippen molar-refractivity contribution in [3.63, 3.8) is 0 Å². The molecular formula is C21H18N2OS. The number of anilines is 2. The highest BCUT2D eigenvalue weighted by Gasteiger charge is 2.25. The number of aryl methyl sites for hydroxylation is 2. The standard InChI is InChI=1S/C21H18N2OS/c24-21(15-25-20-11-5-6-14-22-20)23-18-9-3-1-7-16(18)12-13-17-8-2-4-10-19(17)23/h1-11,14H,12-13,15H2. The fourth-order valence-corrected chi connectivity index (χ4v) is 3.89. The van der Waals surface area contributed by atoms with Gasteiger partial charge in [-0.2, -0.15) is 0 Å². The van der Waals surface area contributed by atoms with Crippen molar-refractivity contribution in [2.45, 2.75) is 17.9 Å². The van der Waals surface area contributed by atoms with Gasteiger partial charge in [-0.3, -0.25) is 9.69 Å². The minimum atomic E-state index is 0.0810. The highest BCUT2D eigenvalue weighted by Crippen LogP contribution is 2.36. The minimum Gasteiger partial charge on any atom is -0.280 e. The van der Waals surface area contributed by atoms with E-state index >= 15 is 0 Å². The molecule has 2 aromatic carbocycles. The van der Waals surface area contributed by atoms with Crippen LogP contribution in [0.2, 0.25) is 0 Å². The lowest BCUT2D eigenvalue weighted by Crippen LogP contribution is -2.28. The highest BCUT2D eigenvalue weighted by atomic mass is 32.2. The normalized spacial score (nSPS) is 12.9. The van der Waals surface area contributed by atoms with Crippen molar-refractivity contribution >= 4 is 29.0 Å². The third-order valence-corrected chi connectivity index (χ3v) is 5.29. The molecule has 0 unspecified atom stereocenters. The van der Waals surface area contributed by atoms with Gasteiger partial charge in [-0.15, -0.1) is 0 Å². The Balaban J connectivity index is 1.68. The fourth-order valence-electron chi connectivity index (χ4n) is 3.18. The first-order valence-corrected chi connectivity index (χ1v) is 9.34. The minimum absolute atomic E-state index is 0.0810. The topological polar surface area (TPSA) is 33.2 Å². The number of hydrogen-bond acceptors (Lipinski definition) is 3. The maximum Gasteiger partial charge on any atom is 0.241 e. The maximum absolute atomic E-state index is 13.1. The second kappa shape index (κ2) is 7.11. The molecule has 25 heavy (non-hydrogen) atoms. The van der Waals surface area contributed by atoms with E-state index in [9.17, 15) is 4.79 Å². The van der Waals surface area contributed by atoms with Crippen LogP contribution in [0.1, 0.15) is 11.1 Å². The van der Waals surface area contributed by atoms with E-state index in [-0.39, 0.29) is 5.91 Å². The largest absolute Gasteiger partial charge is 0.280 e. The van der Waals surface area contributed by atoms with E-state index in [1.54, 1.807) is 6.20 Å². The predicted molar refractivity (Wildman–Crippen MR) is 102 cm³/mol. The lowest BCUT2D eigenvalue weighted by Gasteiger charge is -2.24. The number of hydrogen-bond donors (Lipinski definition) is 0. The monoisotopic (exact) mass is 346 g/mol. The summed E-state index contributed by atoms with van der Waals surface area (Å²) in [5, 5.41) is 0.868. The average Bonchev–Trinajstić information content (AvgIpc) is 2.84. The van der Waals surface area contributed by atoms with Crippen LogP contribution < -0.4 is 4.90 Å². The van der Waals surface area contributed by atoms with Crippen molar-refractivity contribution in [3.8, 4) is 0 Å². The molecule has 3 nitrogen and oxygen atoms in total. The second-order valence-electron chi connectivity index (χ2n) is 5.94. The summed E-state index contributed by atoms with van der Waals surface area (Å²) in [6, 6.07) is 22.2. The molecule has 0 fully saturated rings.